The molecule has 0 saturated carbocycles. The van der Waals surface area contributed by atoms with Crippen molar-refractivity contribution in [1.82, 2.24) is 5.32 Å². The summed E-state index contributed by atoms with van der Waals surface area (Å²) in [5.74, 6) is 0. The van der Waals surface area contributed by atoms with Crippen molar-refractivity contribution in [2.24, 2.45) is 0 Å². The van der Waals surface area contributed by atoms with Gasteiger partial charge in [0.25, 0.3) is 0 Å². The average Bonchev–Trinajstić information content (AvgIpc) is 2.54. The number of nitrogens with one attached hydrogen (secondary N) is 1. The van der Waals surface area contributed by atoms with E-state index >= 15 is 0 Å². The molecule has 0 rings (SSSR count). The highest BCUT2D eigenvalue weighted by molar-refractivity contribution is 6.67. The van der Waals surface area contributed by atoms with E-state index in [9.17, 15) is 15.0 Å². The summed E-state index contributed by atoms with van der Waals surface area (Å²) in [7, 11) is 0. The number of aliphatic hydroxyl groups excluding tert-OH is 3. The summed E-state index contributed by atoms with van der Waals surface area (Å²) in [4.78, 5) is 11.7. The van der Waals surface area contributed by atoms with E-state index in [1.165, 1.54) is 0 Å². The van der Waals surface area contributed by atoms with E-state index in [2.05, 4.69) is 5.32 Å². The van der Waals surface area contributed by atoms with Crippen molar-refractivity contribution in [3.05, 3.63) is 0 Å². The Morgan fingerprint density at radius 3 is 2.36 bits per heavy atom. The van der Waals surface area contributed by atoms with E-state index in [4.69, 9.17) is 54.1 Å². The molecule has 0 aliphatic heterocycles. The monoisotopic (exact) mass is 425 g/mol. The van der Waals surface area contributed by atoms with E-state index in [1.807, 2.05) is 6.92 Å². The highest BCUT2D eigenvalue weighted by Crippen LogP contribution is 2.25. The minimum atomic E-state index is -1.73. The standard InChI is InChI=1S/C14H26Cl3NO7/c1-3-4-5-23-12(25-11(7-20)10(21)6-19)9(2)18-13(22)24-8-14(15,16)17/h9-12,19-21H,3-8H2,1-2H3,(H,18,22)/t9-,10-,11?,12-/m0/s1. The normalized spacial score (nSPS) is 16.8. The van der Waals surface area contributed by atoms with Gasteiger partial charge in [-0.1, -0.05) is 48.1 Å². The Hall–Kier alpha value is -0.0600. The summed E-state index contributed by atoms with van der Waals surface area (Å²) < 4.78 is 14.0. The van der Waals surface area contributed by atoms with E-state index < -0.39 is 54.2 Å². The number of alkyl carbamates (subject to hydrolysis) is 1. The summed E-state index contributed by atoms with van der Waals surface area (Å²) in [5.41, 5.74) is 0. The molecule has 0 aliphatic rings. The quantitative estimate of drug-likeness (QED) is 0.211. The number of unbranched alkanes of at least 4 members (excludes halogenated alkanes) is 1. The summed E-state index contributed by atoms with van der Waals surface area (Å²) >= 11 is 16.5. The van der Waals surface area contributed by atoms with Crippen LogP contribution in [0, 0.1) is 0 Å². The number of halogens is 3. The number of hydrogen-bond acceptors (Lipinski definition) is 7. The van der Waals surface area contributed by atoms with Crippen LogP contribution in [0.15, 0.2) is 0 Å². The zero-order valence-corrected chi connectivity index (χ0v) is 16.4. The lowest BCUT2D eigenvalue weighted by atomic mass is 10.2. The maximum Gasteiger partial charge on any atom is 0.407 e. The number of carbonyl (C=O) groups excluding carboxylic acids is 1. The number of aliphatic hydroxyl groups is 3. The predicted octanol–water partition coefficient (Wildman–Crippen LogP) is 1.34. The second-order valence-electron chi connectivity index (χ2n) is 5.32. The van der Waals surface area contributed by atoms with Gasteiger partial charge in [-0.05, 0) is 13.3 Å². The number of hydrogen-bond donors (Lipinski definition) is 4. The molecule has 1 amide bonds. The van der Waals surface area contributed by atoms with Gasteiger partial charge in [0.1, 0.15) is 18.8 Å². The van der Waals surface area contributed by atoms with Gasteiger partial charge in [-0.3, -0.25) is 0 Å². The van der Waals surface area contributed by atoms with Gasteiger partial charge in [-0.2, -0.15) is 0 Å². The van der Waals surface area contributed by atoms with E-state index in [0.29, 0.717) is 6.61 Å². The van der Waals surface area contributed by atoms with Crippen molar-refractivity contribution < 1.29 is 34.3 Å². The lowest BCUT2D eigenvalue weighted by Gasteiger charge is -2.30. The van der Waals surface area contributed by atoms with Crippen LogP contribution in [0.4, 0.5) is 4.79 Å². The molecule has 0 aliphatic carbocycles. The van der Waals surface area contributed by atoms with Crippen LogP contribution < -0.4 is 5.32 Å². The Kier molecular flexibility index (Phi) is 13.1. The number of alkyl halides is 3. The zero-order chi connectivity index (χ0) is 19.5. The van der Waals surface area contributed by atoms with Crippen LogP contribution >= 0.6 is 34.8 Å². The molecule has 1 unspecified atom stereocenters. The summed E-state index contributed by atoms with van der Waals surface area (Å²) in [5, 5.41) is 30.3. The zero-order valence-electron chi connectivity index (χ0n) is 14.2. The van der Waals surface area contributed by atoms with Gasteiger partial charge >= 0.3 is 6.09 Å². The molecule has 0 spiro atoms. The Bertz CT molecular complexity index is 371. The first kappa shape index (κ1) is 24.9. The van der Waals surface area contributed by atoms with Crippen LogP contribution in [0.25, 0.3) is 0 Å². The van der Waals surface area contributed by atoms with Crippen LogP contribution in [-0.4, -0.2) is 76.2 Å². The van der Waals surface area contributed by atoms with Gasteiger partial charge in [-0.15, -0.1) is 0 Å². The van der Waals surface area contributed by atoms with Gasteiger partial charge in [0.05, 0.1) is 19.3 Å². The van der Waals surface area contributed by atoms with E-state index in [-0.39, 0.29) is 0 Å². The van der Waals surface area contributed by atoms with Crippen molar-refractivity contribution >= 4 is 40.9 Å². The molecule has 0 aromatic heterocycles. The summed E-state index contributed by atoms with van der Waals surface area (Å²) in [6.45, 7) is 2.30. The number of amides is 1. The van der Waals surface area contributed by atoms with Gasteiger partial charge in [0, 0.05) is 6.61 Å². The van der Waals surface area contributed by atoms with Crippen LogP contribution in [0.1, 0.15) is 26.7 Å². The molecule has 0 heterocycles. The van der Waals surface area contributed by atoms with Crippen molar-refractivity contribution in [2.45, 2.75) is 55.0 Å². The van der Waals surface area contributed by atoms with Crippen LogP contribution in [0.5, 0.6) is 0 Å². The highest BCUT2D eigenvalue weighted by atomic mass is 35.6. The third kappa shape index (κ3) is 12.0. The fourth-order valence-electron chi connectivity index (χ4n) is 1.63. The van der Waals surface area contributed by atoms with E-state index in [1.54, 1.807) is 6.92 Å². The smallest absolute Gasteiger partial charge is 0.407 e. The first-order chi connectivity index (χ1) is 11.6. The molecular formula is C14H26Cl3NO7. The second kappa shape index (κ2) is 13.2. The largest absolute Gasteiger partial charge is 0.445 e. The molecule has 4 atom stereocenters. The third-order valence-electron chi connectivity index (χ3n) is 3.01. The fraction of sp³-hybridized carbons (Fsp3) is 0.929. The lowest BCUT2D eigenvalue weighted by Crippen LogP contribution is -2.48. The van der Waals surface area contributed by atoms with Crippen molar-refractivity contribution in [2.75, 3.05) is 26.4 Å². The highest BCUT2D eigenvalue weighted by Gasteiger charge is 2.29. The van der Waals surface area contributed by atoms with Gasteiger partial charge < -0.3 is 34.8 Å². The minimum absolute atomic E-state index is 0.337. The molecule has 4 N–H and O–H groups in total. The molecule has 0 aromatic carbocycles. The first-order valence-corrected chi connectivity index (χ1v) is 8.94. The fourth-order valence-corrected chi connectivity index (χ4v) is 1.80. The topological polar surface area (TPSA) is 117 Å². The van der Waals surface area contributed by atoms with Crippen molar-refractivity contribution in [1.29, 1.82) is 0 Å². The molecule has 0 radical (unpaired) electrons. The molecule has 25 heavy (non-hydrogen) atoms. The Balaban J connectivity index is 4.73. The van der Waals surface area contributed by atoms with Crippen LogP contribution in [-0.2, 0) is 14.2 Å². The predicted molar refractivity (Wildman–Crippen MR) is 93.9 cm³/mol. The van der Waals surface area contributed by atoms with Crippen LogP contribution in [0.3, 0.4) is 0 Å². The molecule has 11 heteroatoms. The number of carbonyl (C=O) groups is 1. The maximum atomic E-state index is 11.7. The van der Waals surface area contributed by atoms with Gasteiger partial charge in [0.2, 0.25) is 3.79 Å². The molecule has 8 nitrogen and oxygen atoms in total. The molecular weight excluding hydrogens is 401 g/mol. The third-order valence-corrected chi connectivity index (χ3v) is 3.33. The molecule has 0 fully saturated rings. The molecule has 0 saturated heterocycles. The molecule has 150 valence electrons. The molecule has 0 aromatic rings. The Morgan fingerprint density at radius 2 is 1.88 bits per heavy atom. The van der Waals surface area contributed by atoms with Gasteiger partial charge in [0.15, 0.2) is 6.29 Å². The second-order valence-corrected chi connectivity index (χ2v) is 7.84. The average molecular weight is 427 g/mol. The van der Waals surface area contributed by atoms with Gasteiger partial charge in [-0.25, -0.2) is 4.79 Å². The summed E-state index contributed by atoms with van der Waals surface area (Å²) in [6.07, 6.45) is -2.61. The maximum absolute atomic E-state index is 11.7. The Morgan fingerprint density at radius 1 is 1.24 bits per heavy atom. The minimum Gasteiger partial charge on any atom is -0.445 e. The first-order valence-electron chi connectivity index (χ1n) is 7.81. The van der Waals surface area contributed by atoms with Crippen LogP contribution in [0.2, 0.25) is 0 Å². The number of rotatable bonds is 12. The van der Waals surface area contributed by atoms with Crippen molar-refractivity contribution in [3.63, 3.8) is 0 Å². The van der Waals surface area contributed by atoms with E-state index in [0.717, 1.165) is 12.8 Å². The van der Waals surface area contributed by atoms with Crippen molar-refractivity contribution in [3.8, 4) is 0 Å². The summed E-state index contributed by atoms with van der Waals surface area (Å²) in [6, 6.07) is -0.709. The SMILES string of the molecule is CCCCO[C@@H](OC(CO)[C@@H](O)CO)[C@H](C)NC(=O)OCC(Cl)(Cl)Cl. The lowest BCUT2D eigenvalue weighted by molar-refractivity contribution is -0.213. The molecule has 0 bridgehead atoms. The Labute approximate surface area is 162 Å². The number of ether oxygens (including phenoxy) is 3.